The number of carbonyl (C=O) groups excluding carboxylic acids is 1. The fourth-order valence-corrected chi connectivity index (χ4v) is 4.15. The number of hydrogen-bond acceptors (Lipinski definition) is 4. The van der Waals surface area contributed by atoms with E-state index in [1.165, 1.54) is 0 Å². The third-order valence-electron chi connectivity index (χ3n) is 5.36. The van der Waals surface area contributed by atoms with Crippen molar-refractivity contribution in [2.75, 3.05) is 13.1 Å². The number of likely N-dealkylation sites (tertiary alicyclic amines) is 1. The van der Waals surface area contributed by atoms with Gasteiger partial charge in [-0.2, -0.15) is 0 Å². The van der Waals surface area contributed by atoms with Gasteiger partial charge in [-0.15, -0.1) is 0 Å². The van der Waals surface area contributed by atoms with Crippen molar-refractivity contribution < 1.29 is 14.7 Å². The molecule has 0 saturated carbocycles. The number of pyridine rings is 1. The highest BCUT2D eigenvalue weighted by Gasteiger charge is 2.36. The summed E-state index contributed by atoms with van der Waals surface area (Å²) >= 11 is 5.96. The van der Waals surface area contributed by atoms with Gasteiger partial charge in [0.2, 0.25) is 5.91 Å². The number of aliphatic carboxylic acids is 1. The van der Waals surface area contributed by atoms with Crippen LogP contribution >= 0.6 is 11.6 Å². The molecule has 6 nitrogen and oxygen atoms in total. The number of piperidine rings is 1. The minimum absolute atomic E-state index is 0.151. The number of amides is 1. The van der Waals surface area contributed by atoms with Crippen molar-refractivity contribution in [2.45, 2.75) is 37.6 Å². The van der Waals surface area contributed by atoms with Gasteiger partial charge in [0.25, 0.3) is 0 Å². The summed E-state index contributed by atoms with van der Waals surface area (Å²) in [5, 5.41) is 9.98. The monoisotopic (exact) mass is 415 g/mol. The summed E-state index contributed by atoms with van der Waals surface area (Å²) in [6.45, 7) is 1.01. The fourth-order valence-electron chi connectivity index (χ4n) is 4.02. The lowest BCUT2D eigenvalue weighted by Crippen LogP contribution is -2.58. The van der Waals surface area contributed by atoms with Gasteiger partial charge in [0, 0.05) is 36.0 Å². The molecule has 7 heteroatoms. The molecule has 1 aliphatic heterocycles. The van der Waals surface area contributed by atoms with Gasteiger partial charge in [0.05, 0.1) is 12.3 Å². The van der Waals surface area contributed by atoms with Crippen molar-refractivity contribution >= 4 is 23.5 Å². The molecule has 2 heterocycles. The Bertz CT molecular complexity index is 844. The average molecular weight is 416 g/mol. The van der Waals surface area contributed by atoms with E-state index < -0.39 is 17.4 Å². The Morgan fingerprint density at radius 3 is 2.66 bits per heavy atom. The molecule has 1 aromatic heterocycles. The summed E-state index contributed by atoms with van der Waals surface area (Å²) in [5.41, 5.74) is 8.04. The predicted octanol–water partition coefficient (Wildman–Crippen LogP) is 2.93. The summed E-state index contributed by atoms with van der Waals surface area (Å²) in [5.74, 6) is -1.76. The number of nitrogens with zero attached hydrogens (tertiary/aromatic N) is 2. The molecular weight excluding hydrogens is 390 g/mol. The maximum atomic E-state index is 13.2. The number of carboxylic acids is 1. The van der Waals surface area contributed by atoms with Gasteiger partial charge in [0.1, 0.15) is 0 Å². The molecular formula is C22H26ClN3O3. The zero-order chi connectivity index (χ0) is 20.9. The number of carboxylic acid groups (broad SMARTS) is 1. The standard InChI is InChI=1S/C22H26ClN3O3/c23-19-6-4-16(5-7-19)13-22(24)8-2-10-26(15-22)21(29)18(12-20(27)28)11-17-3-1-9-25-14-17/h1,3-7,9,14,18H,2,8,10-13,15,24H2,(H,27,28)/t18-,22-/m1/s1. The molecule has 0 spiro atoms. The van der Waals surface area contributed by atoms with Crippen molar-refractivity contribution in [3.8, 4) is 0 Å². The normalized spacial score (nSPS) is 20.3. The number of carbonyl (C=O) groups is 2. The smallest absolute Gasteiger partial charge is 0.304 e. The van der Waals surface area contributed by atoms with Crippen molar-refractivity contribution in [1.82, 2.24) is 9.88 Å². The Hall–Kier alpha value is -2.44. The maximum absolute atomic E-state index is 13.2. The zero-order valence-corrected chi connectivity index (χ0v) is 17.0. The predicted molar refractivity (Wildman–Crippen MR) is 112 cm³/mol. The van der Waals surface area contributed by atoms with Gasteiger partial charge in [-0.3, -0.25) is 14.6 Å². The van der Waals surface area contributed by atoms with E-state index in [1.807, 2.05) is 30.3 Å². The van der Waals surface area contributed by atoms with E-state index in [1.54, 1.807) is 23.4 Å². The van der Waals surface area contributed by atoms with E-state index in [-0.39, 0.29) is 12.3 Å². The van der Waals surface area contributed by atoms with Crippen molar-refractivity contribution in [1.29, 1.82) is 0 Å². The Balaban J connectivity index is 1.71. The first-order valence-electron chi connectivity index (χ1n) is 9.77. The fraction of sp³-hybridized carbons (Fsp3) is 0.409. The summed E-state index contributed by atoms with van der Waals surface area (Å²) in [6, 6.07) is 11.2. The Morgan fingerprint density at radius 1 is 1.24 bits per heavy atom. The van der Waals surface area contributed by atoms with Crippen LogP contribution in [0.15, 0.2) is 48.8 Å². The van der Waals surface area contributed by atoms with Crippen LogP contribution in [0.25, 0.3) is 0 Å². The van der Waals surface area contributed by atoms with Crippen LogP contribution in [0.2, 0.25) is 5.02 Å². The highest BCUT2D eigenvalue weighted by molar-refractivity contribution is 6.30. The Morgan fingerprint density at radius 2 is 2.00 bits per heavy atom. The van der Waals surface area contributed by atoms with E-state index in [4.69, 9.17) is 17.3 Å². The second-order valence-corrected chi connectivity index (χ2v) is 8.33. The molecule has 0 radical (unpaired) electrons. The molecule has 1 aliphatic rings. The Labute approximate surface area is 175 Å². The largest absolute Gasteiger partial charge is 0.481 e. The topological polar surface area (TPSA) is 96.5 Å². The molecule has 1 aromatic carbocycles. The summed E-state index contributed by atoms with van der Waals surface area (Å²) < 4.78 is 0. The van der Waals surface area contributed by atoms with E-state index in [0.29, 0.717) is 31.0 Å². The van der Waals surface area contributed by atoms with Gasteiger partial charge >= 0.3 is 5.97 Å². The molecule has 1 saturated heterocycles. The van der Waals surface area contributed by atoms with Crippen molar-refractivity contribution in [2.24, 2.45) is 11.7 Å². The molecule has 29 heavy (non-hydrogen) atoms. The second kappa shape index (κ2) is 9.37. The maximum Gasteiger partial charge on any atom is 0.304 e. The second-order valence-electron chi connectivity index (χ2n) is 7.89. The van der Waals surface area contributed by atoms with Gasteiger partial charge < -0.3 is 15.7 Å². The van der Waals surface area contributed by atoms with Crippen molar-refractivity contribution in [3.05, 3.63) is 64.9 Å². The molecule has 0 bridgehead atoms. The molecule has 0 unspecified atom stereocenters. The van der Waals surface area contributed by atoms with E-state index in [2.05, 4.69) is 4.98 Å². The summed E-state index contributed by atoms with van der Waals surface area (Å²) in [4.78, 5) is 30.4. The first-order chi connectivity index (χ1) is 13.8. The van der Waals surface area contributed by atoms with Gasteiger partial charge in [-0.1, -0.05) is 29.8 Å². The summed E-state index contributed by atoms with van der Waals surface area (Å²) in [6.07, 6.45) is 5.71. The molecule has 1 fully saturated rings. The van der Waals surface area contributed by atoms with Gasteiger partial charge in [-0.25, -0.2) is 0 Å². The van der Waals surface area contributed by atoms with E-state index >= 15 is 0 Å². The lowest BCUT2D eigenvalue weighted by atomic mass is 9.83. The number of halogens is 1. The molecule has 1 amide bonds. The number of hydrogen-bond donors (Lipinski definition) is 2. The summed E-state index contributed by atoms with van der Waals surface area (Å²) in [7, 11) is 0. The minimum Gasteiger partial charge on any atom is -0.481 e. The number of nitrogens with two attached hydrogens (primary N) is 1. The molecule has 2 atom stereocenters. The van der Waals surface area contributed by atoms with Crippen LogP contribution < -0.4 is 5.73 Å². The van der Waals surface area contributed by atoms with Crippen LogP contribution in [0.4, 0.5) is 0 Å². The number of aromatic nitrogens is 1. The first kappa shape index (κ1) is 21.3. The van der Waals surface area contributed by atoms with Crippen LogP contribution in [0, 0.1) is 5.92 Å². The van der Waals surface area contributed by atoms with Crippen LogP contribution in [-0.4, -0.2) is 45.5 Å². The van der Waals surface area contributed by atoms with Gasteiger partial charge in [0.15, 0.2) is 0 Å². The van der Waals surface area contributed by atoms with E-state index in [0.717, 1.165) is 24.0 Å². The van der Waals surface area contributed by atoms with Crippen LogP contribution in [0.1, 0.15) is 30.4 Å². The SMILES string of the molecule is N[C@@]1(Cc2ccc(Cl)cc2)CCCN(C(=O)[C@@H](CC(=O)O)Cc2cccnc2)C1. The molecule has 0 aliphatic carbocycles. The highest BCUT2D eigenvalue weighted by atomic mass is 35.5. The quantitative estimate of drug-likeness (QED) is 0.724. The van der Waals surface area contributed by atoms with E-state index in [9.17, 15) is 14.7 Å². The molecule has 3 N–H and O–H groups in total. The van der Waals surface area contributed by atoms with Crippen LogP contribution in [0.5, 0.6) is 0 Å². The zero-order valence-electron chi connectivity index (χ0n) is 16.3. The minimum atomic E-state index is -0.982. The third kappa shape index (κ3) is 6.02. The average Bonchev–Trinajstić information content (AvgIpc) is 2.69. The van der Waals surface area contributed by atoms with Gasteiger partial charge in [-0.05, 0) is 55.0 Å². The number of benzene rings is 1. The lowest BCUT2D eigenvalue weighted by Gasteiger charge is -2.41. The Kier molecular flexibility index (Phi) is 6.87. The molecule has 154 valence electrons. The number of rotatable bonds is 7. The molecule has 3 rings (SSSR count). The molecule has 2 aromatic rings. The lowest BCUT2D eigenvalue weighted by molar-refractivity contribution is -0.145. The highest BCUT2D eigenvalue weighted by Crippen LogP contribution is 2.26. The van der Waals surface area contributed by atoms with Crippen molar-refractivity contribution in [3.63, 3.8) is 0 Å². The van der Waals surface area contributed by atoms with Crippen LogP contribution in [-0.2, 0) is 22.4 Å². The van der Waals surface area contributed by atoms with Crippen LogP contribution in [0.3, 0.4) is 0 Å². The first-order valence-corrected chi connectivity index (χ1v) is 10.2. The third-order valence-corrected chi connectivity index (χ3v) is 5.62.